The van der Waals surface area contributed by atoms with Gasteiger partial charge in [-0.2, -0.15) is 13.2 Å². The molecule has 0 atom stereocenters. The van der Waals surface area contributed by atoms with Crippen LogP contribution in [0.5, 0.6) is 5.75 Å². The van der Waals surface area contributed by atoms with Gasteiger partial charge in [0.25, 0.3) is 5.91 Å². The summed E-state index contributed by atoms with van der Waals surface area (Å²) in [5.74, 6) is 0.458. The highest BCUT2D eigenvalue weighted by atomic mass is 35.5. The van der Waals surface area contributed by atoms with Crippen LogP contribution in [-0.4, -0.2) is 55.0 Å². The molecule has 1 aliphatic carbocycles. The maximum atomic E-state index is 13.9. The Morgan fingerprint density at radius 3 is 2.42 bits per heavy atom. The second kappa shape index (κ2) is 12.5. The van der Waals surface area contributed by atoms with Crippen LogP contribution in [0.15, 0.2) is 42.5 Å². The third kappa shape index (κ3) is 6.65. The highest BCUT2D eigenvalue weighted by molar-refractivity contribution is 5.87. The first-order chi connectivity index (χ1) is 16.2. The largest absolute Gasteiger partial charge is 0.477 e. The van der Waals surface area contributed by atoms with Crippen molar-refractivity contribution < 1.29 is 22.7 Å². The van der Waals surface area contributed by atoms with Crippen molar-refractivity contribution in [3.63, 3.8) is 0 Å². The fourth-order valence-corrected chi connectivity index (χ4v) is 4.65. The molecule has 0 radical (unpaired) electrons. The fraction of sp³-hybridized carbons (Fsp3) is 0.500. The molecule has 0 aromatic heterocycles. The highest BCUT2D eigenvalue weighted by Crippen LogP contribution is 2.41. The molecule has 2 aliphatic rings. The second-order valence-electron chi connectivity index (χ2n) is 9.46. The molecule has 2 aromatic rings. The molecule has 1 amide bonds. The number of nitrogens with one attached hydrogen (secondary N) is 1. The predicted molar refractivity (Wildman–Crippen MR) is 139 cm³/mol. The summed E-state index contributed by atoms with van der Waals surface area (Å²) >= 11 is 0. The number of benzene rings is 2. The van der Waals surface area contributed by atoms with Gasteiger partial charge < -0.3 is 19.9 Å². The molecule has 10 heteroatoms. The number of alkyl halides is 3. The summed E-state index contributed by atoms with van der Waals surface area (Å²) in [5, 5.41) is 3.35. The summed E-state index contributed by atoms with van der Waals surface area (Å²) in [6, 6.07) is 11.4. The number of carbonyl (C=O) groups is 1. The lowest BCUT2D eigenvalue weighted by Crippen LogP contribution is -2.58. The van der Waals surface area contributed by atoms with Crippen LogP contribution in [0, 0.1) is 0 Å². The number of hydrogen-bond acceptors (Lipinski definition) is 4. The van der Waals surface area contributed by atoms with E-state index in [2.05, 4.69) is 11.4 Å². The molecule has 2 aromatic carbocycles. The van der Waals surface area contributed by atoms with E-state index < -0.39 is 17.3 Å². The zero-order chi connectivity index (χ0) is 24.3. The van der Waals surface area contributed by atoms with Gasteiger partial charge in [0.15, 0.2) is 5.60 Å². The molecule has 0 unspecified atom stereocenters. The number of fused-ring (bicyclic) bond motifs is 1. The Kier molecular flexibility index (Phi) is 10.5. The number of carbonyl (C=O) groups excluding carboxylic acids is 1. The average Bonchev–Trinajstić information content (AvgIpc) is 2.78. The smallest absolute Gasteiger partial charge is 0.416 e. The van der Waals surface area contributed by atoms with Gasteiger partial charge in [-0.3, -0.25) is 4.79 Å². The van der Waals surface area contributed by atoms with Gasteiger partial charge in [-0.05, 0) is 69.6 Å². The van der Waals surface area contributed by atoms with Crippen molar-refractivity contribution in [1.82, 2.24) is 15.1 Å². The number of hydrogen-bond donors (Lipinski definition) is 1. The van der Waals surface area contributed by atoms with Gasteiger partial charge in [0.1, 0.15) is 5.75 Å². The Morgan fingerprint density at radius 2 is 1.78 bits per heavy atom. The fourth-order valence-electron chi connectivity index (χ4n) is 4.65. The summed E-state index contributed by atoms with van der Waals surface area (Å²) in [6.07, 6.45) is -1.62. The van der Waals surface area contributed by atoms with Crippen LogP contribution >= 0.6 is 24.8 Å². The van der Waals surface area contributed by atoms with E-state index in [-0.39, 0.29) is 42.8 Å². The topological polar surface area (TPSA) is 44.8 Å². The van der Waals surface area contributed by atoms with Crippen molar-refractivity contribution in [2.24, 2.45) is 0 Å². The number of halogens is 5. The molecule has 0 spiro atoms. The molecule has 1 fully saturated rings. The van der Waals surface area contributed by atoms with Crippen LogP contribution in [0.4, 0.5) is 13.2 Å². The minimum Gasteiger partial charge on any atom is -0.477 e. The van der Waals surface area contributed by atoms with Crippen molar-refractivity contribution in [2.75, 3.05) is 33.7 Å². The first-order valence-electron chi connectivity index (χ1n) is 11.8. The first-order valence-corrected chi connectivity index (χ1v) is 11.8. The predicted octanol–water partition coefficient (Wildman–Crippen LogP) is 5.09. The number of amides is 1. The van der Waals surface area contributed by atoms with Gasteiger partial charge in [0.05, 0.1) is 5.56 Å². The standard InChI is InChI=1S/C26H32F3N3O2.2ClH/c1-31(2)15-16-32(18-20-7-3-4-9-22(20)26(27,28)29)24(33)25(12-6-13-25)34-23-10-5-8-19-11-14-30-17-21(19)23;;/h3-5,7-10,30H,6,11-18H2,1-2H3;2*1H. The molecule has 1 saturated carbocycles. The van der Waals surface area contributed by atoms with Crippen LogP contribution in [0.2, 0.25) is 0 Å². The SMILES string of the molecule is CN(C)CCN(Cc1ccccc1C(F)(F)F)C(=O)C1(Oc2cccc3c2CNCC3)CCC1.Cl.Cl. The van der Waals surface area contributed by atoms with Gasteiger partial charge in [0, 0.05) is 31.7 Å². The lowest BCUT2D eigenvalue weighted by Gasteiger charge is -2.44. The number of rotatable bonds is 8. The van der Waals surface area contributed by atoms with Gasteiger partial charge in [-0.25, -0.2) is 0 Å². The van der Waals surface area contributed by atoms with Crippen molar-refractivity contribution in [3.05, 3.63) is 64.7 Å². The number of likely N-dealkylation sites (N-methyl/N-ethyl adjacent to an activating group) is 1. The summed E-state index contributed by atoms with van der Waals surface area (Å²) in [4.78, 5) is 17.3. The van der Waals surface area contributed by atoms with E-state index in [1.165, 1.54) is 22.6 Å². The summed E-state index contributed by atoms with van der Waals surface area (Å²) in [5.41, 5.74) is 0.630. The Morgan fingerprint density at radius 1 is 1.06 bits per heavy atom. The van der Waals surface area contributed by atoms with Crippen LogP contribution in [0.3, 0.4) is 0 Å². The summed E-state index contributed by atoms with van der Waals surface area (Å²) in [7, 11) is 3.76. The third-order valence-electron chi connectivity index (χ3n) is 6.75. The molecule has 200 valence electrons. The Labute approximate surface area is 223 Å². The van der Waals surface area contributed by atoms with E-state index >= 15 is 0 Å². The number of nitrogens with zero attached hydrogens (tertiary/aromatic N) is 2. The molecule has 1 aliphatic heterocycles. The van der Waals surface area contributed by atoms with Crippen molar-refractivity contribution in [3.8, 4) is 5.75 Å². The minimum atomic E-state index is -4.48. The van der Waals surface area contributed by atoms with E-state index in [4.69, 9.17) is 4.74 Å². The lowest BCUT2D eigenvalue weighted by atomic mass is 9.78. The van der Waals surface area contributed by atoms with E-state index in [9.17, 15) is 18.0 Å². The summed E-state index contributed by atoms with van der Waals surface area (Å²) in [6.45, 7) is 2.33. The van der Waals surface area contributed by atoms with Gasteiger partial charge >= 0.3 is 6.18 Å². The molecule has 0 bridgehead atoms. The van der Waals surface area contributed by atoms with Crippen molar-refractivity contribution in [2.45, 2.75) is 50.6 Å². The van der Waals surface area contributed by atoms with Crippen LogP contribution in [0.1, 0.15) is 41.5 Å². The highest BCUT2D eigenvalue weighted by Gasteiger charge is 2.49. The second-order valence-corrected chi connectivity index (χ2v) is 9.46. The minimum absolute atomic E-state index is 0. The van der Waals surface area contributed by atoms with E-state index in [1.54, 1.807) is 6.07 Å². The van der Waals surface area contributed by atoms with Gasteiger partial charge in [0.2, 0.25) is 0 Å². The van der Waals surface area contributed by atoms with Gasteiger partial charge in [-0.15, -0.1) is 24.8 Å². The zero-order valence-electron chi connectivity index (χ0n) is 20.6. The number of ether oxygens (including phenoxy) is 1. The van der Waals surface area contributed by atoms with Crippen LogP contribution in [-0.2, 0) is 30.5 Å². The van der Waals surface area contributed by atoms with Gasteiger partial charge in [-0.1, -0.05) is 30.3 Å². The Hall–Kier alpha value is -2.00. The van der Waals surface area contributed by atoms with Crippen molar-refractivity contribution >= 4 is 30.7 Å². The molecule has 4 rings (SSSR count). The monoisotopic (exact) mass is 547 g/mol. The maximum absolute atomic E-state index is 13.9. The summed E-state index contributed by atoms with van der Waals surface area (Å²) < 4.78 is 47.3. The molecule has 1 N–H and O–H groups in total. The van der Waals surface area contributed by atoms with E-state index in [1.807, 2.05) is 31.1 Å². The molecule has 1 heterocycles. The molecule has 0 saturated heterocycles. The average molecular weight is 548 g/mol. The Bertz CT molecular complexity index is 1030. The zero-order valence-corrected chi connectivity index (χ0v) is 22.2. The molecular weight excluding hydrogens is 514 g/mol. The van der Waals surface area contributed by atoms with E-state index in [0.29, 0.717) is 38.2 Å². The quantitative estimate of drug-likeness (QED) is 0.500. The third-order valence-corrected chi connectivity index (χ3v) is 6.75. The molecule has 5 nitrogen and oxygen atoms in total. The normalized spacial score (nSPS) is 16.2. The van der Waals surface area contributed by atoms with Crippen LogP contribution in [0.25, 0.3) is 0 Å². The van der Waals surface area contributed by atoms with Crippen molar-refractivity contribution in [1.29, 1.82) is 0 Å². The maximum Gasteiger partial charge on any atom is 0.416 e. The molecule has 36 heavy (non-hydrogen) atoms. The molecular formula is C26H34Cl2F3N3O2. The lowest BCUT2D eigenvalue weighted by molar-refractivity contribution is -0.157. The first kappa shape index (κ1) is 30.2. The van der Waals surface area contributed by atoms with E-state index in [0.717, 1.165) is 31.0 Å². The van der Waals surface area contributed by atoms with Crippen LogP contribution < -0.4 is 10.1 Å². The Balaban J connectivity index is 0.00000228.